The van der Waals surface area contributed by atoms with Crippen LogP contribution in [-0.2, 0) is 6.42 Å². The normalized spacial score (nSPS) is 12.6. The van der Waals surface area contributed by atoms with Gasteiger partial charge in [-0.05, 0) is 31.4 Å². The lowest BCUT2D eigenvalue weighted by Gasteiger charge is -2.17. The first kappa shape index (κ1) is 19.5. The lowest BCUT2D eigenvalue weighted by atomic mass is 10.0. The molecule has 0 fully saturated rings. The van der Waals surface area contributed by atoms with Gasteiger partial charge in [-0.1, -0.05) is 67.2 Å². The fraction of sp³-hybridized carbons (Fsp3) is 0.261. The second-order valence-corrected chi connectivity index (χ2v) is 8.36. The van der Waals surface area contributed by atoms with Crippen molar-refractivity contribution in [1.29, 1.82) is 0 Å². The van der Waals surface area contributed by atoms with Crippen LogP contribution in [0.3, 0.4) is 0 Å². The molecule has 148 valence electrons. The lowest BCUT2D eigenvalue weighted by molar-refractivity contribution is 0.0991. The van der Waals surface area contributed by atoms with E-state index in [4.69, 9.17) is 0 Å². The minimum Gasteiger partial charge on any atom is -0.360 e. The summed E-state index contributed by atoms with van der Waals surface area (Å²) in [4.78, 5) is 17.0. The molecule has 2 heterocycles. The van der Waals surface area contributed by atoms with Gasteiger partial charge >= 0.3 is 0 Å². The van der Waals surface area contributed by atoms with Gasteiger partial charge in [0.05, 0.1) is 0 Å². The fourth-order valence-electron chi connectivity index (χ4n) is 3.53. The number of aromatic nitrogens is 4. The summed E-state index contributed by atoms with van der Waals surface area (Å²) in [7, 11) is 0. The number of carbonyl (C=O) groups is 1. The molecule has 6 heteroatoms. The van der Waals surface area contributed by atoms with Crippen LogP contribution in [0.1, 0.15) is 53.5 Å². The summed E-state index contributed by atoms with van der Waals surface area (Å²) in [5.41, 5.74) is 3.93. The molecular weight excluding hydrogens is 380 g/mol. The van der Waals surface area contributed by atoms with E-state index in [0.29, 0.717) is 5.56 Å². The maximum atomic E-state index is 13.7. The van der Waals surface area contributed by atoms with E-state index in [0.717, 1.165) is 28.0 Å². The number of benzene rings is 2. The molecule has 5 nitrogen and oxygen atoms in total. The fourth-order valence-corrected chi connectivity index (χ4v) is 4.75. The van der Waals surface area contributed by atoms with Crippen molar-refractivity contribution in [3.8, 4) is 0 Å². The van der Waals surface area contributed by atoms with Gasteiger partial charge in [0.15, 0.2) is 10.9 Å². The number of hydrogen-bond acceptors (Lipinski definition) is 4. The predicted octanol–water partition coefficient (Wildman–Crippen LogP) is 5.62. The van der Waals surface area contributed by atoms with Gasteiger partial charge in [0, 0.05) is 28.7 Å². The van der Waals surface area contributed by atoms with E-state index in [1.165, 1.54) is 17.3 Å². The first-order valence-electron chi connectivity index (χ1n) is 9.84. The number of fused-ring (bicyclic) bond motifs is 1. The van der Waals surface area contributed by atoms with E-state index in [-0.39, 0.29) is 11.8 Å². The molecule has 1 N–H and O–H groups in total. The van der Waals surface area contributed by atoms with E-state index in [1.807, 2.05) is 53.2 Å². The van der Waals surface area contributed by atoms with E-state index < -0.39 is 5.25 Å². The summed E-state index contributed by atoms with van der Waals surface area (Å²) in [6, 6.07) is 16.2. The smallest absolute Gasteiger partial charge is 0.192 e. The van der Waals surface area contributed by atoms with Crippen molar-refractivity contribution in [3.05, 3.63) is 77.7 Å². The number of carbonyl (C=O) groups excluding carboxylic acids is 1. The molecule has 0 saturated carbocycles. The number of para-hydroxylation sites is 1. The summed E-state index contributed by atoms with van der Waals surface area (Å²) >= 11 is 1.45. The first-order chi connectivity index (χ1) is 14.1. The molecule has 0 bridgehead atoms. The Hall–Kier alpha value is -2.86. The molecule has 0 spiro atoms. The maximum absolute atomic E-state index is 13.7. The summed E-state index contributed by atoms with van der Waals surface area (Å²) < 4.78 is 2.00. The molecule has 0 saturated heterocycles. The molecule has 1 atom stereocenters. The first-order valence-corrected chi connectivity index (χ1v) is 10.7. The summed E-state index contributed by atoms with van der Waals surface area (Å²) in [5, 5.41) is 9.65. The molecule has 0 aliphatic heterocycles. The summed E-state index contributed by atoms with van der Waals surface area (Å²) in [6.45, 7) is 6.29. The maximum Gasteiger partial charge on any atom is 0.192 e. The van der Waals surface area contributed by atoms with E-state index in [9.17, 15) is 4.79 Å². The van der Waals surface area contributed by atoms with E-state index >= 15 is 0 Å². The second kappa shape index (κ2) is 8.25. The highest BCUT2D eigenvalue weighted by Gasteiger charge is 2.28. The monoisotopic (exact) mass is 404 g/mol. The van der Waals surface area contributed by atoms with Gasteiger partial charge in [-0.3, -0.25) is 4.79 Å². The number of aromatic amines is 1. The molecule has 4 aromatic rings. The Kier molecular flexibility index (Phi) is 5.53. The van der Waals surface area contributed by atoms with Crippen molar-refractivity contribution >= 4 is 28.4 Å². The Morgan fingerprint density at radius 1 is 1.14 bits per heavy atom. The zero-order chi connectivity index (χ0) is 20.4. The van der Waals surface area contributed by atoms with Crippen molar-refractivity contribution in [2.24, 2.45) is 0 Å². The number of ketones is 1. The molecule has 0 unspecified atom stereocenters. The largest absolute Gasteiger partial charge is 0.360 e. The van der Waals surface area contributed by atoms with Crippen LogP contribution in [-0.4, -0.2) is 25.5 Å². The van der Waals surface area contributed by atoms with Crippen LogP contribution in [0.25, 0.3) is 10.9 Å². The van der Waals surface area contributed by atoms with Crippen LogP contribution in [0.15, 0.2) is 66.2 Å². The van der Waals surface area contributed by atoms with Crippen molar-refractivity contribution in [3.63, 3.8) is 0 Å². The lowest BCUT2D eigenvalue weighted by Crippen LogP contribution is -2.11. The molecule has 2 aromatic carbocycles. The molecule has 0 aliphatic carbocycles. The summed E-state index contributed by atoms with van der Waals surface area (Å²) in [5.74, 6) is 0.0685. The van der Waals surface area contributed by atoms with Gasteiger partial charge in [0.1, 0.15) is 11.6 Å². The van der Waals surface area contributed by atoms with Crippen molar-refractivity contribution in [2.45, 2.75) is 43.6 Å². The highest BCUT2D eigenvalue weighted by Crippen LogP contribution is 2.39. The number of nitrogens with zero attached hydrogens (tertiary/aromatic N) is 3. The average Bonchev–Trinajstić information content (AvgIpc) is 3.39. The Balaban J connectivity index is 1.78. The van der Waals surface area contributed by atoms with Crippen LogP contribution < -0.4 is 0 Å². The van der Waals surface area contributed by atoms with Gasteiger partial charge in [0.2, 0.25) is 0 Å². The number of rotatable bonds is 7. The van der Waals surface area contributed by atoms with E-state index in [2.05, 4.69) is 42.0 Å². The minimum atomic E-state index is -0.401. The molecular formula is C23H24N4OS. The van der Waals surface area contributed by atoms with Gasteiger partial charge in [-0.15, -0.1) is 10.2 Å². The van der Waals surface area contributed by atoms with Crippen molar-refractivity contribution < 1.29 is 4.79 Å². The zero-order valence-corrected chi connectivity index (χ0v) is 17.6. The number of nitrogens with one attached hydrogen (secondary N) is 1. The average molecular weight is 405 g/mol. The van der Waals surface area contributed by atoms with E-state index in [1.54, 1.807) is 6.33 Å². The zero-order valence-electron chi connectivity index (χ0n) is 16.8. The summed E-state index contributed by atoms with van der Waals surface area (Å²) in [6.07, 6.45) is 4.48. The topological polar surface area (TPSA) is 63.6 Å². The Bertz CT molecular complexity index is 1130. The quantitative estimate of drug-likeness (QED) is 0.321. The third-order valence-corrected chi connectivity index (χ3v) is 6.33. The van der Waals surface area contributed by atoms with Gasteiger partial charge in [-0.25, -0.2) is 0 Å². The van der Waals surface area contributed by atoms with Crippen LogP contribution in [0.5, 0.6) is 0 Å². The SMILES string of the molecule is CCc1cccc2c(C(=O)[C@@H](Sc3nncn3C(C)C)c3ccccc3)c[nH]c12. The highest BCUT2D eigenvalue weighted by molar-refractivity contribution is 8.00. The molecule has 2 aromatic heterocycles. The molecule has 0 aliphatic rings. The number of aryl methyl sites for hydroxylation is 1. The van der Waals surface area contributed by atoms with Crippen molar-refractivity contribution in [2.75, 3.05) is 0 Å². The van der Waals surface area contributed by atoms with Crippen LogP contribution in [0.4, 0.5) is 0 Å². The van der Waals surface area contributed by atoms with Crippen LogP contribution in [0, 0.1) is 0 Å². The van der Waals surface area contributed by atoms with Crippen LogP contribution in [0.2, 0.25) is 0 Å². The predicted molar refractivity (Wildman–Crippen MR) is 117 cm³/mol. The molecule has 0 amide bonds. The molecule has 4 rings (SSSR count). The number of thioether (sulfide) groups is 1. The number of H-pyrrole nitrogens is 1. The van der Waals surface area contributed by atoms with Gasteiger partial charge in [0.25, 0.3) is 0 Å². The Morgan fingerprint density at radius 2 is 1.93 bits per heavy atom. The third kappa shape index (κ3) is 3.72. The van der Waals surface area contributed by atoms with Gasteiger partial charge < -0.3 is 9.55 Å². The highest BCUT2D eigenvalue weighted by atomic mass is 32.2. The standard InChI is InChI=1S/C23H24N4OS/c1-4-16-11-8-12-18-19(13-24-20(16)18)21(28)22(17-9-6-5-7-10-17)29-23-26-25-14-27(23)15(2)3/h5-15,22,24H,4H2,1-3H3/t22-/m0/s1. The van der Waals surface area contributed by atoms with Crippen molar-refractivity contribution in [1.82, 2.24) is 19.7 Å². The number of hydrogen-bond donors (Lipinski definition) is 1. The Morgan fingerprint density at radius 3 is 2.66 bits per heavy atom. The molecule has 0 radical (unpaired) electrons. The number of Topliss-reactive ketones (excluding diaryl/α,β-unsaturated/α-hetero) is 1. The second-order valence-electron chi connectivity index (χ2n) is 7.28. The van der Waals surface area contributed by atoms with Crippen LogP contribution >= 0.6 is 11.8 Å². The van der Waals surface area contributed by atoms with Gasteiger partial charge in [-0.2, -0.15) is 0 Å². The minimum absolute atomic E-state index is 0.0685. The molecule has 29 heavy (non-hydrogen) atoms. The Labute approximate surface area is 174 Å². The third-order valence-electron chi connectivity index (χ3n) is 5.11.